The normalized spacial score (nSPS) is 23.0. The van der Waals surface area contributed by atoms with Gasteiger partial charge >= 0.3 is 0 Å². The van der Waals surface area contributed by atoms with Crippen LogP contribution < -0.4 is 5.32 Å². The van der Waals surface area contributed by atoms with Crippen molar-refractivity contribution in [2.45, 2.75) is 44.1 Å². The van der Waals surface area contributed by atoms with Gasteiger partial charge in [0.1, 0.15) is 0 Å². The van der Waals surface area contributed by atoms with Gasteiger partial charge in [0.15, 0.2) is 5.82 Å². The van der Waals surface area contributed by atoms with Crippen LogP contribution in [0.15, 0.2) is 35.2 Å². The number of hydrogen-bond donors (Lipinski definition) is 1. The second-order valence-electron chi connectivity index (χ2n) is 6.57. The van der Waals surface area contributed by atoms with Crippen molar-refractivity contribution in [2.75, 3.05) is 11.9 Å². The van der Waals surface area contributed by atoms with Gasteiger partial charge in [0.05, 0.1) is 12.0 Å². The fourth-order valence-corrected chi connectivity index (χ4v) is 3.77. The van der Waals surface area contributed by atoms with E-state index in [0.717, 1.165) is 36.9 Å². The maximum absolute atomic E-state index is 13.0. The van der Waals surface area contributed by atoms with Crippen LogP contribution in [0.5, 0.6) is 0 Å². The zero-order valence-corrected chi connectivity index (χ0v) is 13.9. The van der Waals surface area contributed by atoms with Crippen molar-refractivity contribution >= 4 is 17.5 Å². The van der Waals surface area contributed by atoms with Gasteiger partial charge in [-0.25, -0.2) is 0 Å². The Morgan fingerprint density at radius 1 is 1.28 bits per heavy atom. The van der Waals surface area contributed by atoms with Gasteiger partial charge in [-0.05, 0) is 24.5 Å². The van der Waals surface area contributed by atoms with Crippen molar-refractivity contribution in [1.82, 2.24) is 15.0 Å². The smallest absolute Gasteiger partial charge is 0.232 e. The topological polar surface area (TPSA) is 88.3 Å². The molecule has 0 aliphatic carbocycles. The van der Waals surface area contributed by atoms with Crippen molar-refractivity contribution in [3.63, 3.8) is 0 Å². The number of nitrogens with zero attached hydrogens (tertiary/aromatic N) is 3. The van der Waals surface area contributed by atoms with Gasteiger partial charge in [0.25, 0.3) is 0 Å². The molecular weight excluding hydrogens is 320 g/mol. The first-order valence-corrected chi connectivity index (χ1v) is 8.69. The third-order valence-electron chi connectivity index (χ3n) is 5.04. The maximum Gasteiger partial charge on any atom is 0.232 e. The Hall–Kier alpha value is -2.70. The summed E-state index contributed by atoms with van der Waals surface area (Å²) in [5.74, 6) is -0.0292. The number of anilines is 1. The number of nitrogens with one attached hydrogen (secondary N) is 1. The molecule has 0 radical (unpaired) electrons. The van der Waals surface area contributed by atoms with Crippen LogP contribution in [0.2, 0.25) is 0 Å². The highest BCUT2D eigenvalue weighted by atomic mass is 16.5. The molecule has 2 aliphatic heterocycles. The van der Waals surface area contributed by atoms with Crippen molar-refractivity contribution in [3.8, 4) is 0 Å². The Bertz CT molecular complexity index is 774. The lowest BCUT2D eigenvalue weighted by Gasteiger charge is -2.28. The lowest BCUT2D eigenvalue weighted by molar-refractivity contribution is -0.135. The van der Waals surface area contributed by atoms with E-state index < -0.39 is 5.92 Å². The van der Waals surface area contributed by atoms with Gasteiger partial charge in [0.2, 0.25) is 18.2 Å². The highest BCUT2D eigenvalue weighted by molar-refractivity contribution is 6.04. The molecule has 2 amide bonds. The lowest BCUT2D eigenvalue weighted by Crippen LogP contribution is -2.36. The van der Waals surface area contributed by atoms with Gasteiger partial charge in [-0.1, -0.05) is 36.2 Å². The predicted molar refractivity (Wildman–Crippen MR) is 89.6 cm³/mol. The molecule has 2 aromatic rings. The van der Waals surface area contributed by atoms with Gasteiger partial charge in [-0.15, -0.1) is 0 Å². The van der Waals surface area contributed by atoms with Crippen LogP contribution in [0.25, 0.3) is 0 Å². The number of hydrogen-bond acceptors (Lipinski definition) is 5. The van der Waals surface area contributed by atoms with E-state index in [2.05, 4.69) is 15.5 Å². The number of benzene rings is 1. The molecule has 1 aromatic heterocycles. The molecule has 7 nitrogen and oxygen atoms in total. The number of para-hydroxylation sites is 1. The van der Waals surface area contributed by atoms with Crippen LogP contribution in [0, 0.1) is 0 Å². The monoisotopic (exact) mass is 340 g/mol. The van der Waals surface area contributed by atoms with Gasteiger partial charge in [-0.3, -0.25) is 9.59 Å². The van der Waals surface area contributed by atoms with E-state index in [9.17, 15) is 9.59 Å². The molecule has 25 heavy (non-hydrogen) atoms. The predicted octanol–water partition coefficient (Wildman–Crippen LogP) is 2.64. The minimum absolute atomic E-state index is 0.0337. The summed E-state index contributed by atoms with van der Waals surface area (Å²) >= 11 is 0. The van der Waals surface area contributed by atoms with Crippen LogP contribution in [0.3, 0.4) is 0 Å². The Kier molecular flexibility index (Phi) is 4.21. The summed E-state index contributed by atoms with van der Waals surface area (Å²) in [6, 6.07) is 7.37. The molecule has 130 valence electrons. The molecule has 4 rings (SSSR count). The van der Waals surface area contributed by atoms with Gasteiger partial charge < -0.3 is 14.7 Å². The fraction of sp³-hybridized carbons (Fsp3) is 0.444. The average molecular weight is 340 g/mol. The molecule has 2 atom stereocenters. The highest BCUT2D eigenvalue weighted by Gasteiger charge is 2.36. The summed E-state index contributed by atoms with van der Waals surface area (Å²) in [6.07, 6.45) is 5.33. The second-order valence-corrected chi connectivity index (χ2v) is 6.57. The number of aromatic nitrogens is 2. The third kappa shape index (κ3) is 3.01. The summed E-state index contributed by atoms with van der Waals surface area (Å²) in [5, 5.41) is 6.80. The molecule has 7 heteroatoms. The molecule has 0 unspecified atom stereocenters. The summed E-state index contributed by atoms with van der Waals surface area (Å²) < 4.78 is 4.87. The molecule has 1 fully saturated rings. The Balaban J connectivity index is 1.56. The van der Waals surface area contributed by atoms with E-state index in [1.807, 2.05) is 29.2 Å². The van der Waals surface area contributed by atoms with Crippen molar-refractivity contribution in [1.29, 1.82) is 0 Å². The van der Waals surface area contributed by atoms with Gasteiger partial charge in [-0.2, -0.15) is 4.98 Å². The van der Waals surface area contributed by atoms with Crippen molar-refractivity contribution in [2.24, 2.45) is 0 Å². The largest absolute Gasteiger partial charge is 0.343 e. The number of carbonyl (C=O) groups is 2. The number of likely N-dealkylation sites (tertiary alicyclic amines) is 1. The quantitative estimate of drug-likeness (QED) is 0.928. The first-order valence-electron chi connectivity index (χ1n) is 8.69. The average Bonchev–Trinajstić information content (AvgIpc) is 3.17. The number of fused-ring (bicyclic) bond motifs is 1. The van der Waals surface area contributed by atoms with E-state index in [4.69, 9.17) is 4.52 Å². The van der Waals surface area contributed by atoms with E-state index in [0.29, 0.717) is 12.4 Å². The SMILES string of the molecule is O=C1Nc2ccccc2[C@H]1CC(=O)N1CCCCC[C@H]1c1ncon1. The maximum atomic E-state index is 13.0. The molecule has 0 bridgehead atoms. The zero-order valence-electron chi connectivity index (χ0n) is 13.9. The minimum atomic E-state index is -0.433. The molecule has 3 heterocycles. The first kappa shape index (κ1) is 15.8. The Morgan fingerprint density at radius 3 is 3.00 bits per heavy atom. The Morgan fingerprint density at radius 2 is 2.16 bits per heavy atom. The fourth-order valence-electron chi connectivity index (χ4n) is 3.77. The van der Waals surface area contributed by atoms with Crippen LogP contribution >= 0.6 is 0 Å². The number of carbonyl (C=O) groups excluding carboxylic acids is 2. The van der Waals surface area contributed by atoms with Crippen LogP contribution in [0.4, 0.5) is 5.69 Å². The zero-order chi connectivity index (χ0) is 17.2. The molecule has 1 saturated heterocycles. The highest BCUT2D eigenvalue weighted by Crippen LogP contribution is 2.36. The lowest BCUT2D eigenvalue weighted by atomic mass is 9.96. The van der Waals surface area contributed by atoms with Crippen LogP contribution in [-0.2, 0) is 9.59 Å². The molecule has 1 N–H and O–H groups in total. The second kappa shape index (κ2) is 6.66. The third-order valence-corrected chi connectivity index (χ3v) is 5.04. The number of amides is 2. The van der Waals surface area contributed by atoms with E-state index in [1.165, 1.54) is 6.39 Å². The van der Waals surface area contributed by atoms with Crippen molar-refractivity contribution in [3.05, 3.63) is 42.0 Å². The molecule has 2 aliphatic rings. The number of rotatable bonds is 3. The van der Waals surface area contributed by atoms with E-state index in [-0.39, 0.29) is 24.3 Å². The standard InChI is InChI=1S/C18H20N4O3/c23-16(10-13-12-6-3-4-7-14(12)20-18(13)24)22-9-5-1-2-8-15(22)17-19-11-25-21-17/h3-4,6-7,11,13,15H,1-2,5,8-10H2,(H,20,24)/t13-,15+/m1/s1. The van der Waals surface area contributed by atoms with Crippen LogP contribution in [-0.4, -0.2) is 33.4 Å². The van der Waals surface area contributed by atoms with Gasteiger partial charge in [0, 0.05) is 18.7 Å². The van der Waals surface area contributed by atoms with Crippen LogP contribution in [0.1, 0.15) is 55.5 Å². The molecule has 1 aromatic carbocycles. The summed E-state index contributed by atoms with van der Waals surface area (Å²) in [7, 11) is 0. The minimum Gasteiger partial charge on any atom is -0.343 e. The molecular formula is C18H20N4O3. The summed E-state index contributed by atoms with van der Waals surface area (Å²) in [5.41, 5.74) is 1.70. The molecule has 0 saturated carbocycles. The molecule has 0 spiro atoms. The van der Waals surface area contributed by atoms with E-state index >= 15 is 0 Å². The van der Waals surface area contributed by atoms with E-state index in [1.54, 1.807) is 0 Å². The summed E-state index contributed by atoms with van der Waals surface area (Å²) in [4.78, 5) is 31.3. The van der Waals surface area contributed by atoms with Crippen molar-refractivity contribution < 1.29 is 14.1 Å². The summed E-state index contributed by atoms with van der Waals surface area (Å²) in [6.45, 7) is 0.661. The Labute approximate surface area is 145 Å². The first-order chi connectivity index (χ1) is 12.2.